The lowest BCUT2D eigenvalue weighted by atomic mass is 9.32. The summed E-state index contributed by atoms with van der Waals surface area (Å²) in [6.45, 7) is 20.8. The highest BCUT2D eigenvalue weighted by Gasteiger charge is 2.70. The molecule has 1 aromatic heterocycles. The highest BCUT2D eigenvalue weighted by atomic mass is 16.5. The zero-order valence-electron chi connectivity index (χ0n) is 26.3. The first-order valence-corrected chi connectivity index (χ1v) is 16.2. The van der Waals surface area contributed by atoms with Crippen LogP contribution in [0.25, 0.3) is 0 Å². The van der Waals surface area contributed by atoms with Crippen LogP contribution in [-0.2, 0) is 4.74 Å². The average molecular weight is 551 g/mol. The number of imidazole rings is 1. The minimum absolute atomic E-state index is 0.00418. The molecule has 5 saturated carbocycles. The number of carboxylic acid groups (broad SMARTS) is 1. The maximum absolute atomic E-state index is 12.0. The topological polar surface area (TPSA) is 64.4 Å². The smallest absolute Gasteiger partial charge is 0.417 e. The van der Waals surface area contributed by atoms with E-state index >= 15 is 0 Å². The molecule has 1 aromatic rings. The molecule has 1 N–H and O–H groups in total. The third-order valence-electron chi connectivity index (χ3n) is 14.9. The van der Waals surface area contributed by atoms with Gasteiger partial charge in [0.1, 0.15) is 5.82 Å². The average Bonchev–Trinajstić information content (AvgIpc) is 3.49. The summed E-state index contributed by atoms with van der Waals surface area (Å²) in [4.78, 5) is 16.6. The molecule has 0 saturated heterocycles. The van der Waals surface area contributed by atoms with Crippen molar-refractivity contribution in [3.8, 4) is 0 Å². The van der Waals surface area contributed by atoms with Gasteiger partial charge in [-0.05, 0) is 126 Å². The van der Waals surface area contributed by atoms with Gasteiger partial charge in [0.25, 0.3) is 0 Å². The Morgan fingerprint density at radius 2 is 1.73 bits per heavy atom. The number of carbonyl (C=O) groups is 1. The van der Waals surface area contributed by atoms with Gasteiger partial charge in [0.15, 0.2) is 0 Å². The molecule has 222 valence electrons. The van der Waals surface area contributed by atoms with Crippen molar-refractivity contribution in [1.29, 1.82) is 0 Å². The van der Waals surface area contributed by atoms with Crippen LogP contribution in [0.5, 0.6) is 0 Å². The molecule has 0 aromatic carbocycles. The normalized spacial score (nSPS) is 47.5. The molecule has 5 aliphatic rings. The van der Waals surface area contributed by atoms with E-state index in [1.54, 1.807) is 12.4 Å². The Kier molecular flexibility index (Phi) is 6.55. The zero-order valence-corrected chi connectivity index (χ0v) is 26.3. The molecule has 6 rings (SSSR count). The molecular formula is C35H54N2O3. The fraction of sp³-hybridized carbons (Fsp3) is 0.829. The van der Waals surface area contributed by atoms with Crippen molar-refractivity contribution >= 4 is 6.09 Å². The number of hydrogen-bond acceptors (Lipinski definition) is 3. The highest BCUT2D eigenvalue weighted by molar-refractivity contribution is 5.68. The Balaban J connectivity index is 1.33. The summed E-state index contributed by atoms with van der Waals surface area (Å²) in [7, 11) is 1.82. The summed E-state index contributed by atoms with van der Waals surface area (Å²) < 4.78 is 6.98. The Morgan fingerprint density at radius 3 is 2.42 bits per heavy atom. The van der Waals surface area contributed by atoms with Crippen LogP contribution in [0.4, 0.5) is 4.79 Å². The van der Waals surface area contributed by atoms with Crippen LogP contribution in [0.3, 0.4) is 0 Å². The monoisotopic (exact) mass is 550 g/mol. The summed E-state index contributed by atoms with van der Waals surface area (Å²) in [5.74, 6) is 4.32. The Bertz CT molecular complexity index is 1190. The van der Waals surface area contributed by atoms with E-state index in [0.717, 1.165) is 24.1 Å². The standard InChI is InChI=1S/C35H54N2O3/c1-22(21-40-8)23-11-14-32(4)17-18-34(6)24(28(23)32)9-10-27-33(5)15-12-25(29-36-19-20-37(29)30(38)39)31(2,3)26(33)13-16-35(27,34)7/h19-20,23-28H,1,9-18,21H2,2-8H3,(H,38,39)/t23-,24+,25+,26-,27+,28+,32+,33-,34+,35+/m0/s1. The maximum Gasteiger partial charge on any atom is 0.417 e. The van der Waals surface area contributed by atoms with Crippen molar-refractivity contribution < 1.29 is 14.6 Å². The third kappa shape index (κ3) is 3.61. The number of aromatic nitrogens is 2. The molecule has 10 atom stereocenters. The van der Waals surface area contributed by atoms with E-state index in [0.29, 0.717) is 40.6 Å². The van der Waals surface area contributed by atoms with E-state index in [1.165, 1.54) is 67.9 Å². The van der Waals surface area contributed by atoms with Crippen LogP contribution in [0.2, 0.25) is 0 Å². The van der Waals surface area contributed by atoms with Gasteiger partial charge >= 0.3 is 6.09 Å². The Morgan fingerprint density at radius 1 is 0.975 bits per heavy atom. The second-order valence-electron chi connectivity index (χ2n) is 16.4. The molecule has 5 heteroatoms. The van der Waals surface area contributed by atoms with Gasteiger partial charge in [-0.25, -0.2) is 14.3 Å². The summed E-state index contributed by atoms with van der Waals surface area (Å²) >= 11 is 0. The summed E-state index contributed by atoms with van der Waals surface area (Å²) in [6, 6.07) is 0. The van der Waals surface area contributed by atoms with E-state index in [9.17, 15) is 9.90 Å². The molecule has 0 amide bonds. The first-order chi connectivity index (χ1) is 18.7. The second-order valence-corrected chi connectivity index (χ2v) is 16.4. The molecule has 5 fully saturated rings. The first kappa shape index (κ1) is 28.5. The second kappa shape index (κ2) is 9.19. The van der Waals surface area contributed by atoms with Gasteiger partial charge in [-0.15, -0.1) is 0 Å². The molecule has 40 heavy (non-hydrogen) atoms. The molecule has 0 aliphatic heterocycles. The van der Waals surface area contributed by atoms with E-state index in [4.69, 9.17) is 4.74 Å². The van der Waals surface area contributed by atoms with Crippen molar-refractivity contribution in [1.82, 2.24) is 9.55 Å². The quantitative estimate of drug-likeness (QED) is 0.381. The SMILES string of the molecule is C=C(COC)[C@@H]1CC[C@]2(C)CC[C@]3(C)[C@H](CC[C@@H]4[C@@]5(C)CC[C@H](c6nccn6C(=O)O)C(C)(C)[C@@H]5CC[C@]43C)[C@@H]12. The highest BCUT2D eigenvalue weighted by Crippen LogP contribution is 2.78. The van der Waals surface area contributed by atoms with Gasteiger partial charge < -0.3 is 9.84 Å². The zero-order chi connectivity index (χ0) is 28.9. The predicted octanol–water partition coefficient (Wildman–Crippen LogP) is 8.80. The number of methoxy groups -OCH3 is 1. The fourth-order valence-corrected chi connectivity index (χ4v) is 12.9. The molecule has 0 radical (unpaired) electrons. The van der Waals surface area contributed by atoms with E-state index in [2.05, 4.69) is 53.1 Å². The van der Waals surface area contributed by atoms with Crippen LogP contribution in [0.15, 0.2) is 24.5 Å². The third-order valence-corrected chi connectivity index (χ3v) is 14.9. The predicted molar refractivity (Wildman–Crippen MR) is 159 cm³/mol. The largest absolute Gasteiger partial charge is 0.464 e. The number of fused-ring (bicyclic) bond motifs is 7. The van der Waals surface area contributed by atoms with Crippen LogP contribution in [0, 0.1) is 56.7 Å². The van der Waals surface area contributed by atoms with E-state index in [-0.39, 0.29) is 16.7 Å². The van der Waals surface area contributed by atoms with Gasteiger partial charge in [0.2, 0.25) is 0 Å². The lowest BCUT2D eigenvalue weighted by molar-refractivity contribution is -0.237. The fourth-order valence-electron chi connectivity index (χ4n) is 12.9. The van der Waals surface area contributed by atoms with Gasteiger partial charge in [-0.2, -0.15) is 0 Å². The maximum atomic E-state index is 12.0. The molecule has 5 aliphatic carbocycles. The molecular weight excluding hydrogens is 496 g/mol. The van der Waals surface area contributed by atoms with Crippen molar-refractivity contribution in [3.63, 3.8) is 0 Å². The minimum atomic E-state index is -0.915. The van der Waals surface area contributed by atoms with Crippen molar-refractivity contribution in [2.75, 3.05) is 13.7 Å². The number of ether oxygens (including phenoxy) is 1. The van der Waals surface area contributed by atoms with Crippen LogP contribution in [-0.4, -0.2) is 34.5 Å². The summed E-state index contributed by atoms with van der Waals surface area (Å²) in [5.41, 5.74) is 2.75. The minimum Gasteiger partial charge on any atom is -0.464 e. The van der Waals surface area contributed by atoms with Crippen LogP contribution in [0.1, 0.15) is 117 Å². The number of hydrogen-bond donors (Lipinski definition) is 1. The number of nitrogens with zero attached hydrogens (tertiary/aromatic N) is 2. The van der Waals surface area contributed by atoms with Gasteiger partial charge in [0, 0.05) is 25.4 Å². The molecule has 0 bridgehead atoms. The molecule has 0 unspecified atom stereocenters. The first-order valence-electron chi connectivity index (χ1n) is 16.2. The molecule has 1 heterocycles. The Hall–Kier alpha value is -1.62. The van der Waals surface area contributed by atoms with Gasteiger partial charge in [-0.3, -0.25) is 0 Å². The number of rotatable bonds is 4. The Labute approximate surface area is 242 Å². The van der Waals surface area contributed by atoms with E-state index < -0.39 is 6.09 Å². The van der Waals surface area contributed by atoms with Crippen LogP contribution < -0.4 is 0 Å². The van der Waals surface area contributed by atoms with Crippen LogP contribution >= 0.6 is 0 Å². The van der Waals surface area contributed by atoms with E-state index in [1.807, 2.05) is 7.11 Å². The van der Waals surface area contributed by atoms with Gasteiger partial charge in [0.05, 0.1) is 6.61 Å². The molecule has 5 nitrogen and oxygen atoms in total. The van der Waals surface area contributed by atoms with Crippen molar-refractivity contribution in [2.24, 2.45) is 56.7 Å². The van der Waals surface area contributed by atoms with Crippen molar-refractivity contribution in [3.05, 3.63) is 30.4 Å². The summed E-state index contributed by atoms with van der Waals surface area (Å²) in [6.07, 6.45) is 15.2. The lowest BCUT2D eigenvalue weighted by Crippen LogP contribution is -2.66. The lowest BCUT2D eigenvalue weighted by Gasteiger charge is -2.73. The van der Waals surface area contributed by atoms with Gasteiger partial charge in [-0.1, -0.05) is 48.1 Å². The van der Waals surface area contributed by atoms with Crippen molar-refractivity contribution in [2.45, 2.75) is 112 Å². The summed E-state index contributed by atoms with van der Waals surface area (Å²) in [5, 5.41) is 9.84. The molecule has 0 spiro atoms.